The van der Waals surface area contributed by atoms with E-state index in [9.17, 15) is 0 Å². The highest BCUT2D eigenvalue weighted by atomic mass is 32.1. The second-order valence-electron chi connectivity index (χ2n) is 10.1. The van der Waals surface area contributed by atoms with Crippen LogP contribution >= 0.6 is 11.3 Å². The van der Waals surface area contributed by atoms with Crippen LogP contribution in [-0.4, -0.2) is 78.7 Å². The molecule has 2 aliphatic rings. The lowest BCUT2D eigenvalue weighted by Crippen LogP contribution is -2.46. The molecular weight excluding hydrogens is 570 g/mol. The fraction of sp³-hybridized carbons (Fsp3) is 0.300. The molecule has 0 spiro atoms. The maximum Gasteiger partial charge on any atom is 0.231 e. The van der Waals surface area contributed by atoms with Gasteiger partial charge in [0.15, 0.2) is 40.0 Å². The van der Waals surface area contributed by atoms with Crippen molar-refractivity contribution in [1.82, 2.24) is 24.4 Å². The Morgan fingerprint density at radius 1 is 0.907 bits per heavy atom. The van der Waals surface area contributed by atoms with Crippen LogP contribution in [0.4, 0.5) is 17.5 Å². The van der Waals surface area contributed by atoms with Crippen molar-refractivity contribution in [1.29, 1.82) is 0 Å². The van der Waals surface area contributed by atoms with Crippen molar-refractivity contribution in [3.8, 4) is 34.4 Å². The number of thiophene rings is 1. The van der Waals surface area contributed by atoms with E-state index in [1.807, 2.05) is 28.1 Å². The number of nitrogens with one attached hydrogen (secondary N) is 1. The zero-order valence-corrected chi connectivity index (χ0v) is 24.9. The second kappa shape index (κ2) is 11.5. The van der Waals surface area contributed by atoms with E-state index < -0.39 is 0 Å². The zero-order valence-electron chi connectivity index (χ0n) is 24.1. The number of piperazine rings is 1. The molecule has 7 rings (SSSR count). The van der Waals surface area contributed by atoms with Crippen LogP contribution in [-0.2, 0) is 6.54 Å². The number of nitrogens with zero attached hydrogens (tertiary/aromatic N) is 6. The SMILES string of the molecule is COc1cc(Nc2nc(N3CCN(Cc4ccc5c(c4)OCO5)CC3)nc3c2ncn3-c2ccsc2)cc(OC)c1OC. The minimum atomic E-state index is 0.281. The summed E-state index contributed by atoms with van der Waals surface area (Å²) in [7, 11) is 4.77. The molecule has 0 unspecified atom stereocenters. The number of benzene rings is 2. The Hall–Kier alpha value is -4.75. The molecule has 0 amide bonds. The van der Waals surface area contributed by atoms with Gasteiger partial charge < -0.3 is 33.9 Å². The summed E-state index contributed by atoms with van der Waals surface area (Å²) in [6, 6.07) is 11.9. The third kappa shape index (κ3) is 5.21. The molecule has 0 radical (unpaired) electrons. The minimum Gasteiger partial charge on any atom is -0.493 e. The number of aromatic nitrogens is 4. The van der Waals surface area contributed by atoms with E-state index in [0.29, 0.717) is 34.5 Å². The Morgan fingerprint density at radius 2 is 1.70 bits per heavy atom. The molecule has 1 saturated heterocycles. The number of fused-ring (bicyclic) bond motifs is 2. The molecule has 2 aliphatic heterocycles. The summed E-state index contributed by atoms with van der Waals surface area (Å²) >= 11 is 1.63. The molecule has 1 fully saturated rings. The van der Waals surface area contributed by atoms with Crippen molar-refractivity contribution in [2.45, 2.75) is 6.54 Å². The quantitative estimate of drug-likeness (QED) is 0.254. The van der Waals surface area contributed by atoms with Gasteiger partial charge in [-0.15, -0.1) is 0 Å². The lowest BCUT2D eigenvalue weighted by molar-refractivity contribution is 0.174. The standard InChI is InChI=1S/C30H31N7O5S/c1-38-24-13-20(14-25(39-2)27(24)40-3)32-28-26-29(37(17-31-26)21-6-11-43-16-21)34-30(33-28)36-9-7-35(8-10-36)15-19-4-5-22-23(12-19)42-18-41-22/h4-6,11-14,16-17H,7-10,15,18H2,1-3H3,(H,32,33,34). The Kier molecular flexibility index (Phi) is 7.25. The summed E-state index contributed by atoms with van der Waals surface area (Å²) < 4.78 is 29.7. The summed E-state index contributed by atoms with van der Waals surface area (Å²) in [6.07, 6.45) is 1.79. The van der Waals surface area contributed by atoms with Gasteiger partial charge in [0.1, 0.15) is 6.33 Å². The summed E-state index contributed by atoms with van der Waals surface area (Å²) in [4.78, 5) is 19.4. The average molecular weight is 602 g/mol. The van der Waals surface area contributed by atoms with Crippen molar-refractivity contribution in [3.05, 3.63) is 59.0 Å². The minimum absolute atomic E-state index is 0.281. The summed E-state index contributed by atoms with van der Waals surface area (Å²) in [6.45, 7) is 4.43. The van der Waals surface area contributed by atoms with Gasteiger partial charge in [0.2, 0.25) is 18.5 Å². The Bertz CT molecular complexity index is 1730. The van der Waals surface area contributed by atoms with Gasteiger partial charge >= 0.3 is 0 Å². The van der Waals surface area contributed by atoms with Gasteiger partial charge in [-0.2, -0.15) is 21.3 Å². The first-order valence-electron chi connectivity index (χ1n) is 13.8. The third-order valence-corrected chi connectivity index (χ3v) is 8.27. The van der Waals surface area contributed by atoms with E-state index in [1.165, 1.54) is 5.56 Å². The van der Waals surface area contributed by atoms with Crippen LogP contribution in [0.5, 0.6) is 28.7 Å². The van der Waals surface area contributed by atoms with Crippen molar-refractivity contribution in [2.75, 3.05) is 64.5 Å². The van der Waals surface area contributed by atoms with Gasteiger partial charge in [0, 0.05) is 55.9 Å². The summed E-state index contributed by atoms with van der Waals surface area (Å²) in [5, 5.41) is 7.56. The van der Waals surface area contributed by atoms with E-state index in [2.05, 4.69) is 38.7 Å². The van der Waals surface area contributed by atoms with Crippen LogP contribution in [0.15, 0.2) is 53.5 Å². The fourth-order valence-electron chi connectivity index (χ4n) is 5.39. The molecule has 5 aromatic rings. The number of hydrogen-bond donors (Lipinski definition) is 1. The first kappa shape index (κ1) is 27.1. The van der Waals surface area contributed by atoms with Crippen LogP contribution in [0.25, 0.3) is 16.9 Å². The van der Waals surface area contributed by atoms with Crippen LogP contribution in [0.1, 0.15) is 5.56 Å². The maximum atomic E-state index is 5.57. The van der Waals surface area contributed by atoms with Gasteiger partial charge in [-0.3, -0.25) is 9.47 Å². The van der Waals surface area contributed by atoms with Crippen LogP contribution in [0, 0.1) is 0 Å². The van der Waals surface area contributed by atoms with E-state index >= 15 is 0 Å². The van der Waals surface area contributed by atoms with E-state index in [-0.39, 0.29) is 6.79 Å². The first-order chi connectivity index (χ1) is 21.1. The van der Waals surface area contributed by atoms with Crippen LogP contribution in [0.2, 0.25) is 0 Å². The van der Waals surface area contributed by atoms with Crippen molar-refractivity contribution < 1.29 is 23.7 Å². The van der Waals surface area contributed by atoms with E-state index in [1.54, 1.807) is 39.0 Å². The number of hydrogen-bond acceptors (Lipinski definition) is 12. The summed E-state index contributed by atoms with van der Waals surface area (Å²) in [5.74, 6) is 4.44. The maximum absolute atomic E-state index is 5.57. The Labute approximate surface area is 252 Å². The van der Waals surface area contributed by atoms with Crippen LogP contribution in [0.3, 0.4) is 0 Å². The Balaban J connectivity index is 1.18. The number of anilines is 3. The third-order valence-electron chi connectivity index (χ3n) is 7.59. The Morgan fingerprint density at radius 3 is 2.42 bits per heavy atom. The molecule has 0 bridgehead atoms. The highest BCUT2D eigenvalue weighted by Crippen LogP contribution is 2.41. The predicted octanol–water partition coefficient (Wildman–Crippen LogP) is 4.70. The normalized spacial score (nSPS) is 14.7. The van der Waals surface area contributed by atoms with Gasteiger partial charge in [-0.25, -0.2) is 4.98 Å². The van der Waals surface area contributed by atoms with Gasteiger partial charge in [-0.1, -0.05) is 6.07 Å². The molecule has 1 N–H and O–H groups in total. The van der Waals surface area contributed by atoms with Crippen LogP contribution < -0.4 is 33.9 Å². The lowest BCUT2D eigenvalue weighted by Gasteiger charge is -2.34. The molecule has 13 heteroatoms. The topological polar surface area (TPSA) is 108 Å². The molecule has 0 atom stereocenters. The highest BCUT2D eigenvalue weighted by Gasteiger charge is 2.24. The molecule has 0 aliphatic carbocycles. The largest absolute Gasteiger partial charge is 0.493 e. The van der Waals surface area contributed by atoms with Gasteiger partial charge in [0.05, 0.1) is 27.0 Å². The molecule has 43 heavy (non-hydrogen) atoms. The molecule has 3 aromatic heterocycles. The van der Waals surface area contributed by atoms with E-state index in [0.717, 1.165) is 61.2 Å². The predicted molar refractivity (Wildman–Crippen MR) is 164 cm³/mol. The van der Waals surface area contributed by atoms with Crippen molar-refractivity contribution in [3.63, 3.8) is 0 Å². The van der Waals surface area contributed by atoms with Crippen molar-refractivity contribution >= 4 is 40.0 Å². The number of ether oxygens (including phenoxy) is 5. The zero-order chi connectivity index (χ0) is 29.3. The molecule has 2 aromatic carbocycles. The molecule has 5 heterocycles. The van der Waals surface area contributed by atoms with Crippen molar-refractivity contribution in [2.24, 2.45) is 0 Å². The lowest BCUT2D eigenvalue weighted by atomic mass is 10.1. The fourth-order valence-corrected chi connectivity index (χ4v) is 6.02. The summed E-state index contributed by atoms with van der Waals surface area (Å²) in [5.41, 5.74) is 4.31. The average Bonchev–Trinajstić information content (AvgIpc) is 3.82. The second-order valence-corrected chi connectivity index (χ2v) is 10.9. The highest BCUT2D eigenvalue weighted by molar-refractivity contribution is 7.08. The first-order valence-corrected chi connectivity index (χ1v) is 14.8. The molecular formula is C30H31N7O5S. The molecule has 0 saturated carbocycles. The van der Waals surface area contributed by atoms with Gasteiger partial charge in [-0.05, 0) is 29.1 Å². The monoisotopic (exact) mass is 601 g/mol. The number of imidazole rings is 1. The number of methoxy groups -OCH3 is 3. The van der Waals surface area contributed by atoms with Gasteiger partial charge in [0.25, 0.3) is 0 Å². The van der Waals surface area contributed by atoms with E-state index in [4.69, 9.17) is 38.6 Å². The molecule has 12 nitrogen and oxygen atoms in total. The smallest absolute Gasteiger partial charge is 0.231 e. The number of rotatable bonds is 9. The molecule has 222 valence electrons.